The largest absolute Gasteiger partial charge is 0.372 e. The molecule has 0 radical (unpaired) electrons. The van der Waals surface area contributed by atoms with Gasteiger partial charge in [-0.2, -0.15) is 0 Å². The third-order valence-corrected chi connectivity index (χ3v) is 4.57. The molecule has 2 aliphatic rings. The van der Waals surface area contributed by atoms with Gasteiger partial charge in [0, 0.05) is 18.1 Å². The van der Waals surface area contributed by atoms with Gasteiger partial charge >= 0.3 is 0 Å². The van der Waals surface area contributed by atoms with Crippen LogP contribution >= 0.6 is 11.6 Å². The molecule has 2 aliphatic heterocycles. The topological polar surface area (TPSA) is 67.9 Å². The molecule has 1 aromatic rings. The number of benzene rings is 1. The lowest BCUT2D eigenvalue weighted by Crippen LogP contribution is -2.57. The van der Waals surface area contributed by atoms with Crippen molar-refractivity contribution < 1.29 is 19.1 Å². The van der Waals surface area contributed by atoms with Crippen molar-refractivity contribution in [2.45, 2.75) is 38.2 Å². The Bertz CT molecular complexity index is 629. The molecule has 4 atom stereocenters. The van der Waals surface area contributed by atoms with Gasteiger partial charge in [-0.25, -0.2) is 0 Å². The Morgan fingerprint density at radius 3 is 2.58 bits per heavy atom. The van der Waals surface area contributed by atoms with E-state index in [0.717, 1.165) is 0 Å². The lowest BCUT2D eigenvalue weighted by Gasteiger charge is -2.40. The summed E-state index contributed by atoms with van der Waals surface area (Å²) < 4.78 is 11.3. The summed E-state index contributed by atoms with van der Waals surface area (Å²) in [5.74, 6) is -0.408. The first-order valence-electron chi connectivity index (χ1n) is 8.05. The fourth-order valence-corrected chi connectivity index (χ4v) is 3.53. The van der Waals surface area contributed by atoms with Gasteiger partial charge in [0.05, 0.1) is 18.2 Å². The third kappa shape index (κ3) is 3.55. The Labute approximate surface area is 146 Å². The molecule has 7 heteroatoms. The zero-order valence-electron chi connectivity index (χ0n) is 13.7. The monoisotopic (exact) mass is 352 g/mol. The van der Waals surface area contributed by atoms with E-state index >= 15 is 0 Å². The van der Waals surface area contributed by atoms with Crippen LogP contribution < -0.4 is 5.32 Å². The highest BCUT2D eigenvalue weighted by molar-refractivity contribution is 6.31. The minimum atomic E-state index is -0.792. The van der Waals surface area contributed by atoms with Gasteiger partial charge in [-0.15, -0.1) is 0 Å². The van der Waals surface area contributed by atoms with E-state index in [1.54, 1.807) is 23.1 Å². The molecule has 2 fully saturated rings. The lowest BCUT2D eigenvalue weighted by atomic mass is 9.98. The highest BCUT2D eigenvalue weighted by Gasteiger charge is 2.40. The number of hydrogen-bond acceptors (Lipinski definition) is 4. The quantitative estimate of drug-likeness (QED) is 0.876. The molecule has 0 unspecified atom stereocenters. The van der Waals surface area contributed by atoms with Gasteiger partial charge in [0.2, 0.25) is 5.91 Å². The Hall–Kier alpha value is -1.63. The van der Waals surface area contributed by atoms with E-state index in [9.17, 15) is 9.59 Å². The number of carbonyl (C=O) groups excluding carboxylic acids is 2. The molecule has 1 N–H and O–H groups in total. The summed E-state index contributed by atoms with van der Waals surface area (Å²) in [6.45, 7) is 4.75. The van der Waals surface area contributed by atoms with E-state index < -0.39 is 12.1 Å². The Morgan fingerprint density at radius 2 is 1.92 bits per heavy atom. The fraction of sp³-hybridized carbons (Fsp3) is 0.529. The molecule has 2 heterocycles. The van der Waals surface area contributed by atoms with Crippen LogP contribution in [0, 0.1) is 0 Å². The Kier molecular flexibility index (Phi) is 5.08. The first-order chi connectivity index (χ1) is 11.5. The molecule has 1 aromatic carbocycles. The summed E-state index contributed by atoms with van der Waals surface area (Å²) in [6, 6.07) is 6.56. The van der Waals surface area contributed by atoms with Crippen LogP contribution in [0.2, 0.25) is 5.02 Å². The lowest BCUT2D eigenvalue weighted by molar-refractivity contribution is -0.163. The number of rotatable bonds is 2. The number of halogens is 1. The molecule has 2 saturated heterocycles. The molecule has 0 saturated carbocycles. The van der Waals surface area contributed by atoms with Crippen LogP contribution in [-0.4, -0.2) is 54.7 Å². The molecule has 0 aromatic heterocycles. The van der Waals surface area contributed by atoms with E-state index in [0.29, 0.717) is 23.7 Å². The molecule has 0 aliphatic carbocycles. The zero-order valence-corrected chi connectivity index (χ0v) is 14.5. The summed E-state index contributed by atoms with van der Waals surface area (Å²) in [7, 11) is 0. The van der Waals surface area contributed by atoms with Gasteiger partial charge in [-0.1, -0.05) is 29.8 Å². The van der Waals surface area contributed by atoms with Crippen LogP contribution in [0.4, 0.5) is 0 Å². The average molecular weight is 353 g/mol. The summed E-state index contributed by atoms with van der Waals surface area (Å²) in [5.41, 5.74) is 0.680. The maximum absolute atomic E-state index is 13.0. The van der Waals surface area contributed by atoms with E-state index in [1.165, 1.54) is 0 Å². The maximum atomic E-state index is 13.0. The van der Waals surface area contributed by atoms with Crippen molar-refractivity contribution >= 4 is 23.4 Å². The van der Waals surface area contributed by atoms with Crippen molar-refractivity contribution in [2.75, 3.05) is 19.7 Å². The van der Waals surface area contributed by atoms with Crippen molar-refractivity contribution in [3.8, 4) is 0 Å². The number of nitrogens with zero attached hydrogens (tertiary/aromatic N) is 1. The van der Waals surface area contributed by atoms with E-state index in [-0.39, 0.29) is 30.6 Å². The highest BCUT2D eigenvalue weighted by Crippen LogP contribution is 2.30. The van der Waals surface area contributed by atoms with Crippen LogP contribution in [0.1, 0.15) is 25.5 Å². The summed E-state index contributed by atoms with van der Waals surface area (Å²) in [5, 5.41) is 3.33. The van der Waals surface area contributed by atoms with Crippen molar-refractivity contribution in [2.24, 2.45) is 0 Å². The average Bonchev–Trinajstić information content (AvgIpc) is 2.53. The van der Waals surface area contributed by atoms with E-state index in [4.69, 9.17) is 21.1 Å². The molecule has 24 heavy (non-hydrogen) atoms. The standard InChI is InChI=1S/C17H21ClN2O4/c1-10-7-20(8-11(2)24-10)17(22)16-15(19-14(21)9-23-16)12-5-3-4-6-13(12)18/h3-6,10-11,15-16H,7-9H2,1-2H3,(H,19,21)/t10-,11+,15-,16+/m1/s1. The minimum absolute atomic E-state index is 0.0327. The van der Waals surface area contributed by atoms with Crippen LogP contribution in [0.15, 0.2) is 24.3 Å². The van der Waals surface area contributed by atoms with Crippen molar-refractivity contribution in [3.63, 3.8) is 0 Å². The van der Waals surface area contributed by atoms with Gasteiger partial charge in [0.25, 0.3) is 5.91 Å². The van der Waals surface area contributed by atoms with E-state index in [1.807, 2.05) is 19.9 Å². The van der Waals surface area contributed by atoms with Crippen LogP contribution in [-0.2, 0) is 19.1 Å². The highest BCUT2D eigenvalue weighted by atomic mass is 35.5. The van der Waals surface area contributed by atoms with Crippen molar-refractivity contribution in [3.05, 3.63) is 34.9 Å². The summed E-state index contributed by atoms with van der Waals surface area (Å²) in [6.07, 6.45) is -0.857. The predicted molar refractivity (Wildman–Crippen MR) is 88.7 cm³/mol. The molecular weight excluding hydrogens is 332 g/mol. The number of ether oxygens (including phenoxy) is 2. The normalized spacial score (nSPS) is 30.8. The molecule has 3 rings (SSSR count). The van der Waals surface area contributed by atoms with Gasteiger partial charge in [0.15, 0.2) is 6.10 Å². The van der Waals surface area contributed by atoms with Gasteiger partial charge in [0.1, 0.15) is 6.61 Å². The number of nitrogens with one attached hydrogen (secondary N) is 1. The van der Waals surface area contributed by atoms with Crippen LogP contribution in [0.25, 0.3) is 0 Å². The number of morpholine rings is 2. The second-order valence-corrected chi connectivity index (χ2v) is 6.71. The van der Waals surface area contributed by atoms with Gasteiger partial charge in [-0.3, -0.25) is 9.59 Å². The molecule has 0 spiro atoms. The predicted octanol–water partition coefficient (Wildman–Crippen LogP) is 1.53. The number of carbonyl (C=O) groups is 2. The molecule has 6 nitrogen and oxygen atoms in total. The van der Waals surface area contributed by atoms with Crippen molar-refractivity contribution in [1.29, 1.82) is 0 Å². The molecular formula is C17H21ClN2O4. The third-order valence-electron chi connectivity index (χ3n) is 4.23. The zero-order chi connectivity index (χ0) is 17.3. The molecule has 2 amide bonds. The Balaban J connectivity index is 1.85. The SMILES string of the molecule is C[C@@H]1CN(C(=O)[C@H]2OCC(=O)N[C@@H]2c2ccccc2Cl)C[C@H](C)O1. The molecule has 130 valence electrons. The van der Waals surface area contributed by atoms with Crippen LogP contribution in [0.3, 0.4) is 0 Å². The number of hydrogen-bond donors (Lipinski definition) is 1. The second-order valence-electron chi connectivity index (χ2n) is 6.30. The first kappa shape index (κ1) is 17.2. The smallest absolute Gasteiger partial charge is 0.254 e. The number of amides is 2. The summed E-state index contributed by atoms with van der Waals surface area (Å²) in [4.78, 5) is 26.5. The van der Waals surface area contributed by atoms with E-state index in [2.05, 4.69) is 5.32 Å². The van der Waals surface area contributed by atoms with Gasteiger partial charge < -0.3 is 19.7 Å². The fourth-order valence-electron chi connectivity index (χ4n) is 3.27. The Morgan fingerprint density at radius 1 is 1.25 bits per heavy atom. The van der Waals surface area contributed by atoms with Gasteiger partial charge in [-0.05, 0) is 25.5 Å². The second kappa shape index (κ2) is 7.09. The minimum Gasteiger partial charge on any atom is -0.372 e. The first-order valence-corrected chi connectivity index (χ1v) is 8.43. The molecule has 0 bridgehead atoms. The van der Waals surface area contributed by atoms with Crippen molar-refractivity contribution in [1.82, 2.24) is 10.2 Å². The maximum Gasteiger partial charge on any atom is 0.254 e. The summed E-state index contributed by atoms with van der Waals surface area (Å²) >= 11 is 6.26. The van der Waals surface area contributed by atoms with Crippen LogP contribution in [0.5, 0.6) is 0 Å².